The van der Waals surface area contributed by atoms with Crippen LogP contribution in [0.3, 0.4) is 0 Å². The third-order valence-corrected chi connectivity index (χ3v) is 5.31. The monoisotopic (exact) mass is 339 g/mol. The molecule has 7 nitrogen and oxygen atoms in total. The van der Waals surface area contributed by atoms with E-state index in [0.717, 1.165) is 37.4 Å². The van der Waals surface area contributed by atoms with Crippen LogP contribution in [0.15, 0.2) is 36.7 Å². The van der Waals surface area contributed by atoms with Crippen LogP contribution in [0.1, 0.15) is 11.9 Å². The molecule has 0 N–H and O–H groups in total. The van der Waals surface area contributed by atoms with Crippen LogP contribution >= 0.6 is 0 Å². The Hall–Kier alpha value is -2.25. The topological polar surface area (TPSA) is 55.0 Å². The molecule has 0 aliphatic carbocycles. The predicted octanol–water partition coefficient (Wildman–Crippen LogP) is 1.19. The molecule has 25 heavy (non-hydrogen) atoms. The molecular weight excluding hydrogens is 314 g/mol. The first-order chi connectivity index (χ1) is 12.1. The van der Waals surface area contributed by atoms with Crippen LogP contribution in [0.25, 0.3) is 11.0 Å². The first kappa shape index (κ1) is 16.2. The number of hydrogen-bond donors (Lipinski definition) is 0. The number of imidazole rings is 1. The summed E-state index contributed by atoms with van der Waals surface area (Å²) < 4.78 is 4.21. The van der Waals surface area contributed by atoms with Gasteiger partial charge in [0.2, 0.25) is 0 Å². The molecule has 1 aliphatic rings. The van der Waals surface area contributed by atoms with Crippen molar-refractivity contribution in [3.8, 4) is 0 Å². The van der Waals surface area contributed by atoms with Crippen molar-refractivity contribution in [1.82, 2.24) is 34.3 Å². The van der Waals surface area contributed by atoms with Gasteiger partial charge in [0.05, 0.1) is 23.3 Å². The van der Waals surface area contributed by atoms with Crippen LogP contribution in [-0.4, -0.2) is 74.1 Å². The van der Waals surface area contributed by atoms with Gasteiger partial charge in [0.1, 0.15) is 5.82 Å². The maximum absolute atomic E-state index is 4.79. The molecule has 132 valence electrons. The van der Waals surface area contributed by atoms with Crippen molar-refractivity contribution >= 4 is 11.0 Å². The van der Waals surface area contributed by atoms with Crippen molar-refractivity contribution in [3.05, 3.63) is 42.5 Å². The van der Waals surface area contributed by atoms with E-state index in [1.165, 1.54) is 5.52 Å². The average Bonchev–Trinajstić information content (AvgIpc) is 3.32. The number of rotatable bonds is 5. The molecule has 1 aliphatic heterocycles. The van der Waals surface area contributed by atoms with Gasteiger partial charge in [-0.25, -0.2) is 9.67 Å². The Bertz CT molecular complexity index is 836. The second kappa shape index (κ2) is 6.57. The fourth-order valence-electron chi connectivity index (χ4n) is 3.87. The van der Waals surface area contributed by atoms with Gasteiger partial charge in [-0.05, 0) is 26.2 Å². The highest BCUT2D eigenvalue weighted by molar-refractivity contribution is 5.75. The molecule has 0 unspecified atom stereocenters. The summed E-state index contributed by atoms with van der Waals surface area (Å²) in [5.74, 6) is 1.15. The number of fused-ring (bicyclic) bond motifs is 1. The Kier molecular flexibility index (Phi) is 4.27. The van der Waals surface area contributed by atoms with Crippen LogP contribution in [0.2, 0.25) is 0 Å². The van der Waals surface area contributed by atoms with Crippen LogP contribution in [-0.2, 0) is 13.5 Å². The van der Waals surface area contributed by atoms with E-state index in [1.807, 2.05) is 16.9 Å². The van der Waals surface area contributed by atoms with Crippen LogP contribution in [0.4, 0.5) is 0 Å². The van der Waals surface area contributed by atoms with Gasteiger partial charge in [-0.2, -0.15) is 0 Å². The van der Waals surface area contributed by atoms with Crippen LogP contribution in [0.5, 0.6) is 0 Å². The molecule has 0 spiro atoms. The van der Waals surface area contributed by atoms with Gasteiger partial charge >= 0.3 is 0 Å². The minimum absolute atomic E-state index is 0.345. The molecule has 3 heterocycles. The summed E-state index contributed by atoms with van der Waals surface area (Å²) in [6, 6.07) is 9.12. The smallest absolute Gasteiger partial charge is 0.110 e. The summed E-state index contributed by atoms with van der Waals surface area (Å²) in [4.78, 5) is 9.60. The van der Waals surface area contributed by atoms with E-state index in [1.54, 1.807) is 6.20 Å². The minimum Gasteiger partial charge on any atom is -0.331 e. The van der Waals surface area contributed by atoms with E-state index in [9.17, 15) is 0 Å². The zero-order valence-electron chi connectivity index (χ0n) is 15.1. The zero-order chi connectivity index (χ0) is 17.4. The number of nitrogens with zero attached hydrogens (tertiary/aromatic N) is 7. The lowest BCUT2D eigenvalue weighted by Crippen LogP contribution is -2.36. The van der Waals surface area contributed by atoms with Crippen molar-refractivity contribution in [2.75, 3.05) is 33.7 Å². The van der Waals surface area contributed by atoms with Crippen molar-refractivity contribution in [3.63, 3.8) is 0 Å². The normalized spacial score (nSPS) is 21.6. The Morgan fingerprint density at radius 3 is 2.76 bits per heavy atom. The quantitative estimate of drug-likeness (QED) is 0.699. The summed E-state index contributed by atoms with van der Waals surface area (Å²) in [6.07, 6.45) is 4.68. The maximum Gasteiger partial charge on any atom is 0.110 e. The molecule has 1 aromatic carbocycles. The fraction of sp³-hybridized carbons (Fsp3) is 0.500. The van der Waals surface area contributed by atoms with Crippen molar-refractivity contribution < 1.29 is 0 Å². The number of likely N-dealkylation sites (tertiary alicyclic amines) is 1. The van der Waals surface area contributed by atoms with Crippen molar-refractivity contribution in [2.45, 2.75) is 18.5 Å². The second-order valence-electron chi connectivity index (χ2n) is 7.07. The van der Waals surface area contributed by atoms with Crippen LogP contribution in [0, 0.1) is 0 Å². The average molecular weight is 339 g/mol. The van der Waals surface area contributed by atoms with E-state index >= 15 is 0 Å². The van der Waals surface area contributed by atoms with Gasteiger partial charge in [-0.1, -0.05) is 17.3 Å². The van der Waals surface area contributed by atoms with Gasteiger partial charge in [0.15, 0.2) is 0 Å². The number of hydrogen-bond acceptors (Lipinski definition) is 5. The third-order valence-electron chi connectivity index (χ3n) is 5.31. The lowest BCUT2D eigenvalue weighted by atomic mass is 10.1. The second-order valence-corrected chi connectivity index (χ2v) is 7.07. The lowest BCUT2D eigenvalue weighted by molar-refractivity contribution is 0.238. The highest BCUT2D eigenvalue weighted by Gasteiger charge is 2.35. The Balaban J connectivity index is 1.47. The molecular formula is C18H25N7. The Morgan fingerprint density at radius 2 is 2.04 bits per heavy atom. The maximum atomic E-state index is 4.79. The van der Waals surface area contributed by atoms with Gasteiger partial charge < -0.3 is 9.47 Å². The van der Waals surface area contributed by atoms with Gasteiger partial charge in [-0.15, -0.1) is 5.10 Å². The number of likely N-dealkylation sites (N-methyl/N-ethyl adjacent to an activating group) is 1. The highest BCUT2D eigenvalue weighted by atomic mass is 15.5. The third kappa shape index (κ3) is 3.05. The summed E-state index contributed by atoms with van der Waals surface area (Å²) in [5.41, 5.74) is 2.28. The van der Waals surface area contributed by atoms with Gasteiger partial charge in [0, 0.05) is 45.3 Å². The van der Waals surface area contributed by atoms with E-state index < -0.39 is 0 Å². The Morgan fingerprint density at radius 1 is 1.20 bits per heavy atom. The summed E-state index contributed by atoms with van der Waals surface area (Å²) in [7, 11) is 6.39. The van der Waals surface area contributed by atoms with Gasteiger partial charge in [0.25, 0.3) is 0 Å². The number of aromatic nitrogens is 5. The van der Waals surface area contributed by atoms with E-state index in [0.29, 0.717) is 12.1 Å². The molecule has 0 bridgehead atoms. The summed E-state index contributed by atoms with van der Waals surface area (Å²) >= 11 is 0. The number of aryl methyl sites for hydroxylation is 1. The van der Waals surface area contributed by atoms with E-state index in [2.05, 4.69) is 64.0 Å². The molecule has 0 saturated carbocycles. The van der Waals surface area contributed by atoms with Crippen molar-refractivity contribution in [2.24, 2.45) is 7.05 Å². The summed E-state index contributed by atoms with van der Waals surface area (Å²) in [5, 5.41) is 8.20. The summed E-state index contributed by atoms with van der Waals surface area (Å²) in [6.45, 7) is 3.05. The Labute approximate surface area is 147 Å². The SMILES string of the molecule is CN(C)[C@@H]1CN(CCc2nc3ccccc3n2C)C[C@@H]1n1ccnn1. The molecule has 0 amide bonds. The zero-order valence-corrected chi connectivity index (χ0v) is 15.1. The van der Waals surface area contributed by atoms with E-state index in [-0.39, 0.29) is 0 Å². The largest absolute Gasteiger partial charge is 0.331 e. The molecule has 7 heteroatoms. The minimum atomic E-state index is 0.345. The molecule has 1 saturated heterocycles. The molecule has 0 radical (unpaired) electrons. The fourth-order valence-corrected chi connectivity index (χ4v) is 3.87. The van der Waals surface area contributed by atoms with Crippen molar-refractivity contribution in [1.29, 1.82) is 0 Å². The number of para-hydroxylation sites is 2. The molecule has 1 fully saturated rings. The molecule has 2 aromatic heterocycles. The van der Waals surface area contributed by atoms with Gasteiger partial charge in [-0.3, -0.25) is 4.90 Å². The molecule has 3 aromatic rings. The molecule has 4 rings (SSSR count). The van der Waals surface area contributed by atoms with Crippen LogP contribution < -0.4 is 0 Å². The highest BCUT2D eigenvalue weighted by Crippen LogP contribution is 2.25. The molecule has 2 atom stereocenters. The van der Waals surface area contributed by atoms with E-state index in [4.69, 9.17) is 4.98 Å². The predicted molar refractivity (Wildman–Crippen MR) is 97.4 cm³/mol. The number of benzene rings is 1. The standard InChI is InChI=1S/C18H25N7/c1-22(2)16-12-24(13-17(16)25-11-9-19-21-25)10-8-18-20-14-6-4-5-7-15(14)23(18)3/h4-7,9,11,16-17H,8,10,12-13H2,1-3H3/t16-,17+/m1/s1. The first-order valence-electron chi connectivity index (χ1n) is 8.78. The lowest BCUT2D eigenvalue weighted by Gasteiger charge is -2.24. The first-order valence-corrected chi connectivity index (χ1v) is 8.78.